The minimum Gasteiger partial charge on any atom is -0.494 e. The quantitative estimate of drug-likeness (QED) is 0.196. The lowest BCUT2D eigenvalue weighted by Crippen LogP contribution is -2.44. The molecule has 276 valence electrons. The van der Waals surface area contributed by atoms with Gasteiger partial charge in [0.05, 0.1) is 46.0 Å². The number of piperidine rings is 2. The number of amides is 3. The van der Waals surface area contributed by atoms with Gasteiger partial charge in [-0.3, -0.25) is 38.5 Å². The Labute approximate surface area is 311 Å². The lowest BCUT2D eigenvalue weighted by molar-refractivity contribution is -0.135. The van der Waals surface area contributed by atoms with Gasteiger partial charge in [0.15, 0.2) is 0 Å². The molecule has 0 spiro atoms. The van der Waals surface area contributed by atoms with Crippen molar-refractivity contribution in [1.82, 2.24) is 34.1 Å². The van der Waals surface area contributed by atoms with Crippen molar-refractivity contribution >= 4 is 56.9 Å². The van der Waals surface area contributed by atoms with Gasteiger partial charge < -0.3 is 15.0 Å². The summed E-state index contributed by atoms with van der Waals surface area (Å²) in [5, 5.41) is 11.6. The van der Waals surface area contributed by atoms with Crippen molar-refractivity contribution in [2.75, 3.05) is 32.1 Å². The number of fused-ring (bicyclic) bond motifs is 2. The fourth-order valence-electron chi connectivity index (χ4n) is 8.67. The summed E-state index contributed by atoms with van der Waals surface area (Å²) >= 11 is 6.03. The summed E-state index contributed by atoms with van der Waals surface area (Å²) in [5.74, 6) is 0.461. The first-order valence-electron chi connectivity index (χ1n) is 18.4. The first-order valence-corrected chi connectivity index (χ1v) is 18.8. The second kappa shape index (κ2) is 14.4. The van der Waals surface area contributed by atoms with Crippen LogP contribution in [-0.4, -0.2) is 73.3 Å². The first-order chi connectivity index (χ1) is 25.7. The number of carbonyl (C=O) groups is 3. The highest BCUT2D eigenvalue weighted by Crippen LogP contribution is 2.38. The molecule has 1 unspecified atom stereocenters. The molecule has 3 amide bonds. The standard InChI is InChI=1S/C39H43ClN8O5/c1-45-36-29(4-3-5-32(36)48(39(45)52)33-10-11-35(49)43-38(33)51)24-12-14-46(15-13-24)21-23-6-8-28(9-7-23)47-22-26-17-31(34(53-2)18-30(26)44-47)42-37(50)25-16-27(40)20-41-19-25/h3-5,16-20,22-24,28,33H,6-15,21H2,1-2H3,(H,42,50)(H,43,49,51)/t23-,28-,33?. The van der Waals surface area contributed by atoms with Crippen LogP contribution in [0.2, 0.25) is 5.02 Å². The number of carbonyl (C=O) groups excluding carboxylic acids is 3. The van der Waals surface area contributed by atoms with Gasteiger partial charge in [-0.2, -0.15) is 5.10 Å². The third kappa shape index (κ3) is 6.83. The summed E-state index contributed by atoms with van der Waals surface area (Å²) in [7, 11) is 3.36. The second-order valence-electron chi connectivity index (χ2n) is 14.7. The van der Waals surface area contributed by atoms with Crippen LogP contribution in [0.5, 0.6) is 5.75 Å². The minimum atomic E-state index is -0.682. The van der Waals surface area contributed by atoms with Gasteiger partial charge >= 0.3 is 5.69 Å². The Morgan fingerprint density at radius 3 is 2.55 bits per heavy atom. The van der Waals surface area contributed by atoms with Crippen LogP contribution in [0.25, 0.3) is 21.9 Å². The van der Waals surface area contributed by atoms with Gasteiger partial charge in [-0.05, 0) is 93.6 Å². The van der Waals surface area contributed by atoms with Crippen LogP contribution >= 0.6 is 11.6 Å². The summed E-state index contributed by atoms with van der Waals surface area (Å²) in [4.78, 5) is 57.4. The van der Waals surface area contributed by atoms with Crippen LogP contribution in [0.3, 0.4) is 0 Å². The summed E-state index contributed by atoms with van der Waals surface area (Å²) in [6, 6.07) is 11.0. The number of imide groups is 1. The van der Waals surface area contributed by atoms with Gasteiger partial charge in [-0.1, -0.05) is 23.7 Å². The first kappa shape index (κ1) is 35.0. The number of hydrogen-bond acceptors (Lipinski definition) is 8. The number of rotatable bonds is 8. The van der Waals surface area contributed by atoms with E-state index in [0.717, 1.165) is 85.7 Å². The smallest absolute Gasteiger partial charge is 0.329 e. The molecule has 2 saturated heterocycles. The fourth-order valence-corrected chi connectivity index (χ4v) is 8.84. The van der Waals surface area contributed by atoms with E-state index in [4.69, 9.17) is 21.4 Å². The van der Waals surface area contributed by atoms with Gasteiger partial charge in [0.25, 0.3) is 5.91 Å². The molecule has 14 heteroatoms. The molecule has 5 aromatic rings. The molecule has 3 fully saturated rings. The van der Waals surface area contributed by atoms with Crippen LogP contribution in [0.4, 0.5) is 5.69 Å². The Balaban J connectivity index is 0.880. The molecule has 2 N–H and O–H groups in total. The predicted octanol–water partition coefficient (Wildman–Crippen LogP) is 5.59. The molecule has 1 aliphatic carbocycles. The van der Waals surface area contributed by atoms with E-state index in [1.165, 1.54) is 12.4 Å². The Morgan fingerprint density at radius 2 is 1.81 bits per heavy atom. The number of imidazole rings is 1. The summed E-state index contributed by atoms with van der Waals surface area (Å²) < 4.78 is 10.9. The molecule has 2 aromatic carbocycles. The number of para-hydroxylation sites is 1. The van der Waals surface area contributed by atoms with Crippen LogP contribution in [0.1, 0.15) is 85.3 Å². The van der Waals surface area contributed by atoms with Gasteiger partial charge in [-0.15, -0.1) is 0 Å². The zero-order valence-electron chi connectivity index (χ0n) is 29.9. The van der Waals surface area contributed by atoms with E-state index in [2.05, 4.69) is 37.5 Å². The molecule has 8 rings (SSSR count). The number of aromatic nitrogens is 5. The highest BCUT2D eigenvalue weighted by molar-refractivity contribution is 6.30. The monoisotopic (exact) mass is 738 g/mol. The topological polar surface area (TPSA) is 145 Å². The minimum absolute atomic E-state index is 0.223. The maximum atomic E-state index is 13.4. The van der Waals surface area contributed by atoms with E-state index in [0.29, 0.717) is 46.3 Å². The van der Waals surface area contributed by atoms with Crippen LogP contribution < -0.4 is 21.1 Å². The predicted molar refractivity (Wildman–Crippen MR) is 201 cm³/mol. The summed E-state index contributed by atoms with van der Waals surface area (Å²) in [6.07, 6.45) is 12.0. The molecule has 1 atom stereocenters. The number of anilines is 1. The van der Waals surface area contributed by atoms with Crippen molar-refractivity contribution in [2.24, 2.45) is 13.0 Å². The average molecular weight is 739 g/mol. The Bertz CT molecular complexity index is 2280. The SMILES string of the molecule is COc1cc2nn([C@H]3CC[C@H](CN4CCC(c5cccc6c5n(C)c(=O)n6C5CCC(=O)NC5=O)CC4)CC3)cc2cc1NC(=O)c1cncc(Cl)c1. The number of ether oxygens (including phenoxy) is 1. The molecule has 2 aliphatic heterocycles. The molecule has 53 heavy (non-hydrogen) atoms. The highest BCUT2D eigenvalue weighted by atomic mass is 35.5. The molecule has 13 nitrogen and oxygen atoms in total. The van der Waals surface area contributed by atoms with Crippen molar-refractivity contribution in [2.45, 2.75) is 69.4 Å². The fraction of sp³-hybridized carbons (Fsp3) is 0.436. The summed E-state index contributed by atoms with van der Waals surface area (Å²) in [5.41, 5.74) is 4.32. The third-order valence-corrected chi connectivity index (χ3v) is 11.7. The maximum Gasteiger partial charge on any atom is 0.329 e. The molecular formula is C39H43ClN8O5. The van der Waals surface area contributed by atoms with Gasteiger partial charge in [-0.25, -0.2) is 4.79 Å². The van der Waals surface area contributed by atoms with E-state index in [1.807, 2.05) is 24.3 Å². The second-order valence-corrected chi connectivity index (χ2v) is 15.1. The van der Waals surface area contributed by atoms with E-state index in [-0.39, 0.29) is 23.9 Å². The lowest BCUT2D eigenvalue weighted by Gasteiger charge is -2.37. The van der Waals surface area contributed by atoms with E-state index in [9.17, 15) is 19.2 Å². The number of nitrogens with one attached hydrogen (secondary N) is 2. The van der Waals surface area contributed by atoms with Crippen molar-refractivity contribution in [3.05, 3.63) is 81.6 Å². The molecule has 1 saturated carbocycles. The van der Waals surface area contributed by atoms with Gasteiger partial charge in [0, 0.05) is 50.1 Å². The Kier molecular flexibility index (Phi) is 9.54. The van der Waals surface area contributed by atoms with Gasteiger partial charge in [0.2, 0.25) is 11.8 Å². The van der Waals surface area contributed by atoms with Crippen molar-refractivity contribution in [3.63, 3.8) is 0 Å². The third-order valence-electron chi connectivity index (χ3n) is 11.4. The normalized spacial score (nSPS) is 21.6. The maximum absolute atomic E-state index is 13.4. The van der Waals surface area contributed by atoms with Crippen LogP contribution in [-0.2, 0) is 16.6 Å². The Hall–Kier alpha value is -5.01. The Morgan fingerprint density at radius 1 is 1.02 bits per heavy atom. The van der Waals surface area contributed by atoms with Gasteiger partial charge in [0.1, 0.15) is 11.8 Å². The number of likely N-dealkylation sites (tertiary alicyclic amines) is 1. The van der Waals surface area contributed by atoms with Crippen LogP contribution in [0.15, 0.2) is 59.8 Å². The number of benzene rings is 2. The summed E-state index contributed by atoms with van der Waals surface area (Å²) in [6.45, 7) is 3.08. The van der Waals surface area contributed by atoms with Crippen molar-refractivity contribution < 1.29 is 19.1 Å². The molecule has 0 radical (unpaired) electrons. The zero-order valence-corrected chi connectivity index (χ0v) is 30.6. The van der Waals surface area contributed by atoms with Crippen molar-refractivity contribution in [1.29, 1.82) is 0 Å². The number of halogens is 1. The van der Waals surface area contributed by atoms with Crippen molar-refractivity contribution in [3.8, 4) is 5.75 Å². The number of methoxy groups -OCH3 is 1. The lowest BCUT2D eigenvalue weighted by atomic mass is 9.84. The molecular weight excluding hydrogens is 696 g/mol. The van der Waals surface area contributed by atoms with E-state index >= 15 is 0 Å². The average Bonchev–Trinajstić information content (AvgIpc) is 3.69. The highest BCUT2D eigenvalue weighted by Gasteiger charge is 2.33. The number of pyridine rings is 1. The molecule has 3 aliphatic rings. The number of hydrogen-bond donors (Lipinski definition) is 2. The molecule has 5 heterocycles. The largest absolute Gasteiger partial charge is 0.494 e. The van der Waals surface area contributed by atoms with E-state index in [1.54, 1.807) is 29.4 Å². The van der Waals surface area contributed by atoms with Crippen LogP contribution in [0, 0.1) is 5.92 Å². The zero-order chi connectivity index (χ0) is 36.8. The molecule has 0 bridgehead atoms. The molecule has 3 aromatic heterocycles. The number of nitrogens with zero attached hydrogens (tertiary/aromatic N) is 6. The van der Waals surface area contributed by atoms with E-state index < -0.39 is 11.9 Å². The number of aryl methyl sites for hydroxylation is 1.